The fourth-order valence-corrected chi connectivity index (χ4v) is 3.94. The number of allylic oxidation sites excluding steroid dienone is 1. The van der Waals surface area contributed by atoms with Gasteiger partial charge in [0, 0.05) is 40.5 Å². The van der Waals surface area contributed by atoms with Crippen LogP contribution in [0, 0.1) is 53.0 Å². The van der Waals surface area contributed by atoms with Crippen molar-refractivity contribution >= 4 is 28.6 Å². The second-order valence-electron chi connectivity index (χ2n) is 8.33. The Balaban J connectivity index is 2.35. The van der Waals surface area contributed by atoms with Crippen LogP contribution in [0.4, 0.5) is 52.2 Å². The van der Waals surface area contributed by atoms with E-state index in [-0.39, 0.29) is 6.07 Å². The first-order chi connectivity index (χ1) is 19.7. The number of nitrogens with zero attached hydrogens (tertiary/aromatic N) is 5. The third-order valence-corrected chi connectivity index (χ3v) is 5.86. The van der Waals surface area contributed by atoms with Crippen LogP contribution in [-0.2, 0) is 4.74 Å². The number of benzene rings is 2. The molecule has 224 valence electrons. The summed E-state index contributed by atoms with van der Waals surface area (Å²) < 4.78 is 110. The molecule has 2 aromatic rings. The van der Waals surface area contributed by atoms with Crippen molar-refractivity contribution in [1.82, 2.24) is 0 Å². The minimum Gasteiger partial charge on any atom is -0.455 e. The zero-order valence-electron chi connectivity index (χ0n) is 20.1. The number of hydrogen-bond acceptors (Lipinski definition) is 10. The summed E-state index contributed by atoms with van der Waals surface area (Å²) in [5, 5.41) is 53.6. The molecule has 43 heavy (non-hydrogen) atoms. The predicted molar refractivity (Wildman–Crippen MR) is 120 cm³/mol. The molecule has 2 aromatic carbocycles. The summed E-state index contributed by atoms with van der Waals surface area (Å²) in [6.07, 6.45) is -5.30. The lowest BCUT2D eigenvalue weighted by molar-refractivity contribution is -0.393. The highest BCUT2D eigenvalue weighted by atomic mass is 19.4. The van der Waals surface area contributed by atoms with Crippen molar-refractivity contribution in [2.24, 2.45) is 0 Å². The second-order valence-corrected chi connectivity index (χ2v) is 8.33. The zero-order valence-corrected chi connectivity index (χ0v) is 20.1. The van der Waals surface area contributed by atoms with Crippen molar-refractivity contribution < 1.29 is 59.4 Å². The first-order valence-corrected chi connectivity index (χ1v) is 10.7. The maximum Gasteiger partial charge on any atom is 0.381 e. The molecule has 0 bridgehead atoms. The molecule has 3 rings (SSSR count). The van der Waals surface area contributed by atoms with Gasteiger partial charge in [0.1, 0.15) is 17.7 Å². The van der Waals surface area contributed by atoms with Crippen LogP contribution >= 0.6 is 0 Å². The zero-order chi connectivity index (χ0) is 32.8. The van der Waals surface area contributed by atoms with E-state index in [9.17, 15) is 80.8 Å². The smallest absolute Gasteiger partial charge is 0.381 e. The van der Waals surface area contributed by atoms with Crippen molar-refractivity contribution in [2.45, 2.75) is 24.2 Å². The number of ether oxygens (including phenoxy) is 1. The third-order valence-electron chi connectivity index (χ3n) is 5.86. The lowest BCUT2D eigenvalue weighted by Crippen LogP contribution is -2.59. The van der Waals surface area contributed by atoms with E-state index >= 15 is 0 Å². The molecule has 0 aliphatic heterocycles. The SMILES string of the molecule is N#CC(C#N)=C1c2cc([N+](=O)[O-])cc(C(=O)OCC(F)(F)C(F)(F)C(F)(F)C(F)F)c2-c2c1cc([N+](=O)[O-])cc2[N+](=O)[O-]. The van der Waals surface area contributed by atoms with E-state index < -0.39 is 108 Å². The number of halogens is 8. The van der Waals surface area contributed by atoms with E-state index in [4.69, 9.17) is 0 Å². The molecule has 21 heteroatoms. The van der Waals surface area contributed by atoms with E-state index in [0.29, 0.717) is 18.2 Å². The number of hydrogen-bond donors (Lipinski definition) is 0. The molecule has 0 N–H and O–H groups in total. The Morgan fingerprint density at radius 1 is 0.837 bits per heavy atom. The van der Waals surface area contributed by atoms with Crippen LogP contribution in [0.2, 0.25) is 0 Å². The first kappa shape index (κ1) is 31.8. The van der Waals surface area contributed by atoms with Crippen molar-refractivity contribution in [3.8, 4) is 23.3 Å². The van der Waals surface area contributed by atoms with Crippen LogP contribution in [0.3, 0.4) is 0 Å². The second kappa shape index (κ2) is 10.6. The van der Waals surface area contributed by atoms with Crippen LogP contribution in [0.25, 0.3) is 16.7 Å². The highest BCUT2D eigenvalue weighted by Gasteiger charge is 2.75. The predicted octanol–water partition coefficient (Wildman–Crippen LogP) is 5.57. The molecule has 0 spiro atoms. The Hall–Kier alpha value is -5.73. The van der Waals surface area contributed by atoms with Gasteiger partial charge in [0.15, 0.2) is 6.61 Å². The molecule has 0 heterocycles. The number of carbonyl (C=O) groups is 1. The third kappa shape index (κ3) is 5.00. The summed E-state index contributed by atoms with van der Waals surface area (Å²) in [6.45, 7) is -3.02. The maximum atomic E-state index is 14.0. The Labute approximate surface area is 230 Å². The minimum absolute atomic E-state index is 0.210. The summed E-state index contributed by atoms with van der Waals surface area (Å²) in [5.74, 6) is -21.9. The standard InChI is InChI=1S/C22H7F8N5O8/c23-19(24)21(27,28)22(29,30)20(25,26)7-43-18(36)13-3-9(33(37)38)1-11-15(8(5-31)6-32)12-2-10(34(39)40)4-14(35(41)42)17(12)16(11)13/h1-4,19H,7H2. The number of fused-ring (bicyclic) bond motifs is 3. The molecule has 0 amide bonds. The molecule has 0 unspecified atom stereocenters. The van der Waals surface area contributed by atoms with Gasteiger partial charge in [0.2, 0.25) is 0 Å². The molecule has 0 radical (unpaired) electrons. The first-order valence-electron chi connectivity index (χ1n) is 10.7. The molecular weight excluding hydrogens is 614 g/mol. The molecule has 1 aliphatic carbocycles. The number of nitro benzene ring substituents is 3. The van der Waals surface area contributed by atoms with Gasteiger partial charge in [-0.05, 0) is 0 Å². The van der Waals surface area contributed by atoms with Gasteiger partial charge < -0.3 is 4.74 Å². The lowest BCUT2D eigenvalue weighted by atomic mass is 9.96. The van der Waals surface area contributed by atoms with E-state index in [0.717, 1.165) is 0 Å². The van der Waals surface area contributed by atoms with Gasteiger partial charge in [-0.25, -0.2) is 13.6 Å². The Morgan fingerprint density at radius 2 is 1.33 bits per heavy atom. The molecule has 0 saturated heterocycles. The van der Waals surface area contributed by atoms with Crippen molar-refractivity contribution in [2.75, 3.05) is 6.61 Å². The van der Waals surface area contributed by atoms with Gasteiger partial charge in [-0.3, -0.25) is 30.3 Å². The number of esters is 1. The highest BCUT2D eigenvalue weighted by Crippen LogP contribution is 2.54. The van der Waals surface area contributed by atoms with Crippen molar-refractivity contribution in [3.05, 3.63) is 76.9 Å². The Morgan fingerprint density at radius 3 is 1.77 bits per heavy atom. The molecule has 1 aliphatic rings. The lowest BCUT2D eigenvalue weighted by Gasteiger charge is -2.31. The van der Waals surface area contributed by atoms with Gasteiger partial charge in [0.25, 0.3) is 17.1 Å². The topological polar surface area (TPSA) is 203 Å². The fraction of sp³-hybridized carbons (Fsp3) is 0.227. The van der Waals surface area contributed by atoms with E-state index in [2.05, 4.69) is 4.74 Å². The average Bonchev–Trinajstić information content (AvgIpc) is 3.25. The van der Waals surface area contributed by atoms with Crippen LogP contribution in [-0.4, -0.2) is 51.5 Å². The van der Waals surface area contributed by atoms with Gasteiger partial charge in [-0.2, -0.15) is 36.9 Å². The normalized spacial score (nSPS) is 12.6. The molecule has 0 aromatic heterocycles. The molecule has 13 nitrogen and oxygen atoms in total. The molecule has 0 saturated carbocycles. The van der Waals surface area contributed by atoms with Gasteiger partial charge in [0.05, 0.1) is 32.0 Å². The van der Waals surface area contributed by atoms with Gasteiger partial charge in [-0.1, -0.05) is 0 Å². The Kier molecular flexibility index (Phi) is 7.83. The number of nitro groups is 3. The maximum absolute atomic E-state index is 14.0. The van der Waals surface area contributed by atoms with Crippen molar-refractivity contribution in [1.29, 1.82) is 10.5 Å². The van der Waals surface area contributed by atoms with E-state index in [1.54, 1.807) is 0 Å². The van der Waals surface area contributed by atoms with Gasteiger partial charge in [-0.15, -0.1) is 0 Å². The molecular formula is C22H7F8N5O8. The fourth-order valence-electron chi connectivity index (χ4n) is 3.94. The number of nitriles is 2. The summed E-state index contributed by atoms with van der Waals surface area (Å²) in [6, 6.07) is 4.29. The van der Waals surface area contributed by atoms with E-state index in [1.165, 1.54) is 12.1 Å². The van der Waals surface area contributed by atoms with Crippen LogP contribution in [0.5, 0.6) is 0 Å². The number of carbonyl (C=O) groups excluding carboxylic acids is 1. The molecule has 0 atom stereocenters. The van der Waals surface area contributed by atoms with Crippen LogP contribution in [0.1, 0.15) is 21.5 Å². The summed E-state index contributed by atoms with van der Waals surface area (Å²) in [5.41, 5.74) is -9.64. The minimum atomic E-state index is -6.81. The van der Waals surface area contributed by atoms with Gasteiger partial charge >= 0.3 is 30.2 Å². The van der Waals surface area contributed by atoms with E-state index in [1.807, 2.05) is 0 Å². The summed E-state index contributed by atoms with van der Waals surface area (Å²) in [4.78, 5) is 43.9. The van der Waals surface area contributed by atoms with Crippen LogP contribution < -0.4 is 0 Å². The monoisotopic (exact) mass is 621 g/mol. The Bertz CT molecular complexity index is 1710. The summed E-state index contributed by atoms with van der Waals surface area (Å²) >= 11 is 0. The number of alkyl halides is 8. The quantitative estimate of drug-likeness (QED) is 0.0955. The van der Waals surface area contributed by atoms with Crippen LogP contribution in [0.15, 0.2) is 29.8 Å². The number of rotatable bonds is 9. The highest BCUT2D eigenvalue weighted by molar-refractivity contribution is 6.13. The largest absolute Gasteiger partial charge is 0.455 e. The summed E-state index contributed by atoms with van der Waals surface area (Å²) in [7, 11) is 0. The average molecular weight is 621 g/mol. The molecule has 0 fully saturated rings. The number of non-ortho nitro benzene ring substituents is 2. The van der Waals surface area contributed by atoms with Crippen molar-refractivity contribution in [3.63, 3.8) is 0 Å².